The summed E-state index contributed by atoms with van der Waals surface area (Å²) in [7, 11) is 0. The van der Waals surface area contributed by atoms with E-state index in [1.807, 2.05) is 0 Å². The van der Waals surface area contributed by atoms with Gasteiger partial charge in [0.1, 0.15) is 5.00 Å². The van der Waals surface area contributed by atoms with Crippen molar-refractivity contribution in [3.63, 3.8) is 0 Å². The lowest BCUT2D eigenvalue weighted by atomic mass is 9.99. The van der Waals surface area contributed by atoms with Gasteiger partial charge in [-0.15, -0.1) is 5.10 Å². The number of nitrogens with zero attached hydrogens (tertiary/aromatic N) is 2. The first-order valence-electron chi connectivity index (χ1n) is 7.02. The Morgan fingerprint density at radius 1 is 0.857 bits per heavy atom. The van der Waals surface area contributed by atoms with Crippen molar-refractivity contribution in [2.24, 2.45) is 0 Å². The molecule has 0 unspecified atom stereocenters. The van der Waals surface area contributed by atoms with Crippen molar-refractivity contribution < 1.29 is 0 Å². The zero-order valence-corrected chi connectivity index (χ0v) is 12.5. The second-order valence-electron chi connectivity index (χ2n) is 5.00. The summed E-state index contributed by atoms with van der Waals surface area (Å²) >= 11 is 1.40. The summed E-state index contributed by atoms with van der Waals surface area (Å²) in [6.45, 7) is 0. The topological polar surface area (TPSA) is 37.8 Å². The van der Waals surface area contributed by atoms with E-state index in [1.165, 1.54) is 22.7 Å². The van der Waals surface area contributed by atoms with Crippen molar-refractivity contribution in [2.45, 2.75) is 18.9 Å². The van der Waals surface area contributed by atoms with Crippen LogP contribution >= 0.6 is 11.5 Å². The second kappa shape index (κ2) is 6.99. The Bertz CT molecular complexity index is 597. The van der Waals surface area contributed by atoms with Gasteiger partial charge >= 0.3 is 0 Å². The van der Waals surface area contributed by atoms with Crippen LogP contribution in [0.5, 0.6) is 0 Å². The molecule has 0 bridgehead atoms. The standard InChI is InChI=1S/C17H17N3S/c1-3-7-14(8-4-1)11-16(19-17-13-18-20-21-17)12-15-9-5-2-6-10-15/h1-10,13,16,19H,11-12H2. The Morgan fingerprint density at radius 2 is 1.43 bits per heavy atom. The van der Waals surface area contributed by atoms with Gasteiger partial charge in [0.2, 0.25) is 0 Å². The molecule has 4 heteroatoms. The second-order valence-corrected chi connectivity index (χ2v) is 5.79. The molecule has 3 aromatic rings. The maximum Gasteiger partial charge on any atom is 0.130 e. The van der Waals surface area contributed by atoms with Gasteiger partial charge in [-0.25, -0.2) is 0 Å². The molecule has 0 radical (unpaired) electrons. The van der Waals surface area contributed by atoms with Crippen LogP contribution < -0.4 is 5.32 Å². The lowest BCUT2D eigenvalue weighted by Gasteiger charge is -2.18. The van der Waals surface area contributed by atoms with Crippen molar-refractivity contribution in [3.05, 3.63) is 78.0 Å². The number of anilines is 1. The van der Waals surface area contributed by atoms with E-state index >= 15 is 0 Å². The van der Waals surface area contributed by atoms with Crippen LogP contribution in [0.3, 0.4) is 0 Å². The van der Waals surface area contributed by atoms with Crippen molar-refractivity contribution >= 4 is 16.5 Å². The van der Waals surface area contributed by atoms with Crippen LogP contribution in [0, 0.1) is 0 Å². The summed E-state index contributed by atoms with van der Waals surface area (Å²) < 4.78 is 3.92. The fourth-order valence-corrected chi connectivity index (χ4v) is 2.90. The summed E-state index contributed by atoms with van der Waals surface area (Å²) in [5, 5.41) is 8.47. The Kier molecular flexibility index (Phi) is 4.59. The number of aromatic nitrogens is 2. The molecule has 0 atom stereocenters. The monoisotopic (exact) mass is 295 g/mol. The van der Waals surface area contributed by atoms with Gasteiger partial charge in [-0.3, -0.25) is 0 Å². The highest BCUT2D eigenvalue weighted by atomic mass is 32.1. The van der Waals surface area contributed by atoms with Crippen molar-refractivity contribution in [2.75, 3.05) is 5.32 Å². The Balaban J connectivity index is 1.74. The average Bonchev–Trinajstić information content (AvgIpc) is 3.02. The van der Waals surface area contributed by atoms with Gasteiger partial charge in [0, 0.05) is 17.6 Å². The summed E-state index contributed by atoms with van der Waals surface area (Å²) in [5.74, 6) is 0. The van der Waals surface area contributed by atoms with E-state index in [-0.39, 0.29) is 0 Å². The van der Waals surface area contributed by atoms with E-state index in [4.69, 9.17) is 0 Å². The molecule has 0 fully saturated rings. The Labute approximate surface area is 128 Å². The van der Waals surface area contributed by atoms with Gasteiger partial charge in [0.25, 0.3) is 0 Å². The fourth-order valence-electron chi connectivity index (χ4n) is 2.40. The van der Waals surface area contributed by atoms with Crippen LogP contribution in [0.15, 0.2) is 66.9 Å². The SMILES string of the molecule is c1ccc(CC(Cc2ccccc2)Nc2cnns2)cc1. The van der Waals surface area contributed by atoms with Crippen molar-refractivity contribution in [3.8, 4) is 0 Å². The summed E-state index contributed by atoms with van der Waals surface area (Å²) in [6, 6.07) is 21.5. The molecule has 0 aliphatic carbocycles. The first-order chi connectivity index (χ1) is 10.4. The van der Waals surface area contributed by atoms with Crippen molar-refractivity contribution in [1.82, 2.24) is 9.59 Å². The Hall–Kier alpha value is -2.20. The van der Waals surface area contributed by atoms with Gasteiger partial charge in [-0.2, -0.15) is 0 Å². The Morgan fingerprint density at radius 3 is 1.90 bits per heavy atom. The summed E-state index contributed by atoms with van der Waals surface area (Å²) in [6.07, 6.45) is 3.74. The molecule has 0 aliphatic heterocycles. The zero-order valence-electron chi connectivity index (χ0n) is 11.6. The highest BCUT2D eigenvalue weighted by molar-refractivity contribution is 7.09. The number of rotatable bonds is 6. The molecule has 0 amide bonds. The van der Waals surface area contributed by atoms with E-state index in [0.29, 0.717) is 6.04 Å². The molecule has 1 heterocycles. The normalized spacial score (nSPS) is 10.7. The molecule has 0 saturated carbocycles. The predicted octanol–water partition coefficient (Wildman–Crippen LogP) is 3.80. The van der Waals surface area contributed by atoms with E-state index in [9.17, 15) is 0 Å². The van der Waals surface area contributed by atoms with E-state index < -0.39 is 0 Å². The van der Waals surface area contributed by atoms with Crippen LogP contribution in [0.4, 0.5) is 5.00 Å². The average molecular weight is 295 g/mol. The van der Waals surface area contributed by atoms with E-state index in [1.54, 1.807) is 6.20 Å². The van der Waals surface area contributed by atoms with Gasteiger partial charge in [-0.05, 0) is 24.0 Å². The quantitative estimate of drug-likeness (QED) is 0.751. The minimum atomic E-state index is 0.331. The maximum absolute atomic E-state index is 3.92. The minimum Gasteiger partial charge on any atom is -0.371 e. The number of hydrogen-bond donors (Lipinski definition) is 1. The molecule has 1 N–H and O–H groups in total. The van der Waals surface area contributed by atoms with Crippen LogP contribution in [0.1, 0.15) is 11.1 Å². The van der Waals surface area contributed by atoms with Crippen LogP contribution in [0.25, 0.3) is 0 Å². The van der Waals surface area contributed by atoms with E-state index in [0.717, 1.165) is 17.8 Å². The zero-order chi connectivity index (χ0) is 14.3. The number of hydrogen-bond acceptors (Lipinski definition) is 4. The minimum absolute atomic E-state index is 0.331. The summed E-state index contributed by atoms with van der Waals surface area (Å²) in [5.41, 5.74) is 2.67. The molecular formula is C17H17N3S. The first-order valence-corrected chi connectivity index (χ1v) is 7.79. The van der Waals surface area contributed by atoms with Gasteiger partial charge in [0.15, 0.2) is 0 Å². The third kappa shape index (κ3) is 4.13. The molecule has 3 nitrogen and oxygen atoms in total. The molecule has 0 spiro atoms. The third-order valence-corrected chi connectivity index (χ3v) is 3.95. The van der Waals surface area contributed by atoms with Crippen LogP contribution in [0.2, 0.25) is 0 Å². The summed E-state index contributed by atoms with van der Waals surface area (Å²) in [4.78, 5) is 0. The fraction of sp³-hybridized carbons (Fsp3) is 0.176. The third-order valence-electron chi connectivity index (χ3n) is 3.36. The molecule has 21 heavy (non-hydrogen) atoms. The molecule has 1 aromatic heterocycles. The maximum atomic E-state index is 3.92. The number of benzene rings is 2. The molecular weight excluding hydrogens is 278 g/mol. The van der Waals surface area contributed by atoms with Crippen LogP contribution in [-0.4, -0.2) is 15.6 Å². The number of nitrogens with one attached hydrogen (secondary N) is 1. The van der Waals surface area contributed by atoms with Crippen molar-refractivity contribution in [1.29, 1.82) is 0 Å². The first kappa shape index (κ1) is 13.8. The molecule has 2 aromatic carbocycles. The largest absolute Gasteiger partial charge is 0.371 e. The van der Waals surface area contributed by atoms with E-state index in [2.05, 4.69) is 75.6 Å². The molecule has 106 valence electrons. The molecule has 0 saturated heterocycles. The van der Waals surface area contributed by atoms with Gasteiger partial charge in [0.05, 0.1) is 6.20 Å². The molecule has 0 aliphatic rings. The smallest absolute Gasteiger partial charge is 0.130 e. The van der Waals surface area contributed by atoms with Crippen LogP contribution in [-0.2, 0) is 12.8 Å². The lowest BCUT2D eigenvalue weighted by molar-refractivity contribution is 0.712. The predicted molar refractivity (Wildman–Crippen MR) is 87.6 cm³/mol. The van der Waals surface area contributed by atoms with Gasteiger partial charge < -0.3 is 5.32 Å². The molecule has 3 rings (SSSR count). The lowest BCUT2D eigenvalue weighted by Crippen LogP contribution is -2.24. The van der Waals surface area contributed by atoms with Gasteiger partial charge in [-0.1, -0.05) is 65.2 Å². The highest BCUT2D eigenvalue weighted by Gasteiger charge is 2.12. The highest BCUT2D eigenvalue weighted by Crippen LogP contribution is 2.16.